The summed E-state index contributed by atoms with van der Waals surface area (Å²) in [5.74, 6) is 5.93. The lowest BCUT2D eigenvalue weighted by atomic mass is 9.74. The highest BCUT2D eigenvalue weighted by Crippen LogP contribution is 2.43. The van der Waals surface area contributed by atoms with Gasteiger partial charge in [0.1, 0.15) is 46.0 Å². The van der Waals surface area contributed by atoms with Gasteiger partial charge in [-0.1, -0.05) is 88.4 Å². The van der Waals surface area contributed by atoms with Crippen LogP contribution in [-0.4, -0.2) is 0 Å². The summed E-state index contributed by atoms with van der Waals surface area (Å²) in [6.07, 6.45) is 0. The molecular weight excluding hydrogens is 669 g/mol. The molecule has 6 heteroatoms. The zero-order valence-electron chi connectivity index (χ0n) is 31.0. The largest absolute Gasteiger partial charge is 0.457 e. The quantitative estimate of drug-likeness (QED) is 0.123. The van der Waals surface area contributed by atoms with E-state index in [1.54, 1.807) is 0 Å². The predicted molar refractivity (Wildman–Crippen MR) is 218 cm³/mol. The molecule has 0 bridgehead atoms. The van der Waals surface area contributed by atoms with Crippen molar-refractivity contribution in [1.29, 1.82) is 0 Å². The predicted octanol–water partition coefficient (Wildman–Crippen LogP) is 12.7. The van der Waals surface area contributed by atoms with Gasteiger partial charge in [-0.3, -0.25) is 0 Å². The normalized spacial score (nSPS) is 11.5. The van der Waals surface area contributed by atoms with Crippen LogP contribution in [0.5, 0.6) is 46.0 Å². The van der Waals surface area contributed by atoms with E-state index in [4.69, 9.17) is 30.4 Å². The Kier molecular flexibility index (Phi) is 10.0. The number of nitrogen functional groups attached to an aromatic ring is 2. The van der Waals surface area contributed by atoms with Crippen molar-refractivity contribution in [2.45, 2.75) is 38.5 Å². The lowest BCUT2D eigenvalue weighted by molar-refractivity contribution is 0.455. The molecule has 0 unspecified atom stereocenters. The first-order valence-electron chi connectivity index (χ1n) is 18.0. The van der Waals surface area contributed by atoms with E-state index >= 15 is 0 Å². The topological polar surface area (TPSA) is 89.0 Å². The number of para-hydroxylation sites is 2. The SMILES string of the molecule is CC(C)(c1ccc(C(C)(C)c2ccccc2Oc2ccc(Oc3ccc(N)cc3)cc2)cc1)c1ccccc1Oc1ccc(Oc2ccc(N)cc2)cc1. The summed E-state index contributed by atoms with van der Waals surface area (Å²) >= 11 is 0. The van der Waals surface area contributed by atoms with E-state index < -0.39 is 0 Å². The van der Waals surface area contributed by atoms with Gasteiger partial charge in [-0.2, -0.15) is 0 Å². The van der Waals surface area contributed by atoms with E-state index in [1.165, 1.54) is 11.1 Å². The van der Waals surface area contributed by atoms with Crippen LogP contribution in [0.15, 0.2) is 170 Å². The smallest absolute Gasteiger partial charge is 0.131 e. The van der Waals surface area contributed by atoms with Gasteiger partial charge in [0.05, 0.1) is 0 Å². The average Bonchev–Trinajstić information content (AvgIpc) is 3.18. The van der Waals surface area contributed by atoms with Gasteiger partial charge < -0.3 is 30.4 Å². The fourth-order valence-corrected chi connectivity index (χ4v) is 6.51. The van der Waals surface area contributed by atoms with Crippen molar-refractivity contribution >= 4 is 11.4 Å². The molecular formula is C48H44N2O4. The third kappa shape index (κ3) is 8.03. The molecule has 0 aliphatic rings. The van der Waals surface area contributed by atoms with Gasteiger partial charge in [0.15, 0.2) is 0 Å². The Balaban J connectivity index is 1.06. The van der Waals surface area contributed by atoms with Gasteiger partial charge in [-0.15, -0.1) is 0 Å². The van der Waals surface area contributed by atoms with Crippen molar-refractivity contribution in [2.75, 3.05) is 11.5 Å². The van der Waals surface area contributed by atoms with E-state index in [2.05, 4.69) is 76.2 Å². The van der Waals surface area contributed by atoms with E-state index in [-0.39, 0.29) is 10.8 Å². The third-order valence-electron chi connectivity index (χ3n) is 9.78. The Morgan fingerprint density at radius 2 is 0.574 bits per heavy atom. The first-order valence-corrected chi connectivity index (χ1v) is 18.0. The Morgan fingerprint density at radius 1 is 0.315 bits per heavy atom. The average molecular weight is 713 g/mol. The molecule has 0 aliphatic heterocycles. The second-order valence-corrected chi connectivity index (χ2v) is 14.3. The van der Waals surface area contributed by atoms with E-state index in [0.29, 0.717) is 22.9 Å². The molecule has 0 radical (unpaired) electrons. The number of benzene rings is 7. The maximum atomic E-state index is 6.48. The molecule has 270 valence electrons. The molecule has 6 nitrogen and oxygen atoms in total. The van der Waals surface area contributed by atoms with Crippen LogP contribution in [0.1, 0.15) is 49.9 Å². The number of hydrogen-bond donors (Lipinski definition) is 2. The van der Waals surface area contributed by atoms with Crippen LogP contribution >= 0.6 is 0 Å². The zero-order valence-corrected chi connectivity index (χ0v) is 31.0. The first kappa shape index (κ1) is 35.7. The Hall–Kier alpha value is -6.66. The number of rotatable bonds is 12. The summed E-state index contributed by atoms with van der Waals surface area (Å²) < 4.78 is 24.9. The maximum Gasteiger partial charge on any atom is 0.131 e. The second-order valence-electron chi connectivity index (χ2n) is 14.3. The summed E-state index contributed by atoms with van der Waals surface area (Å²) in [4.78, 5) is 0. The highest BCUT2D eigenvalue weighted by Gasteiger charge is 2.30. The van der Waals surface area contributed by atoms with Crippen molar-refractivity contribution in [1.82, 2.24) is 0 Å². The molecule has 0 saturated heterocycles. The minimum absolute atomic E-state index is 0.345. The lowest BCUT2D eigenvalue weighted by Gasteiger charge is -2.31. The fourth-order valence-electron chi connectivity index (χ4n) is 6.51. The summed E-state index contributed by atoms with van der Waals surface area (Å²) in [7, 11) is 0. The molecule has 0 fully saturated rings. The molecule has 0 aromatic heterocycles. The fraction of sp³-hybridized carbons (Fsp3) is 0.125. The number of nitrogens with two attached hydrogens (primary N) is 2. The molecule has 0 saturated carbocycles. The van der Waals surface area contributed by atoms with Crippen LogP contribution in [0, 0.1) is 0 Å². The van der Waals surface area contributed by atoms with Crippen molar-refractivity contribution in [3.8, 4) is 46.0 Å². The Bertz CT molecular complexity index is 2150. The number of ether oxygens (including phenoxy) is 4. The monoisotopic (exact) mass is 712 g/mol. The standard InChI is InChI=1S/C48H44N2O4/c1-47(2,43-9-5-7-11-45(43)53-41-29-25-39(26-30-41)51-37-21-17-35(49)18-22-37)33-13-15-34(16-14-33)48(3,4)44-10-6-8-12-46(44)54-42-31-27-40(28-32-42)52-38-23-19-36(50)20-24-38/h5-32H,49-50H2,1-4H3. The Morgan fingerprint density at radius 3 is 0.889 bits per heavy atom. The molecule has 0 aliphatic carbocycles. The van der Waals surface area contributed by atoms with Gasteiger partial charge >= 0.3 is 0 Å². The molecule has 0 atom stereocenters. The summed E-state index contributed by atoms with van der Waals surface area (Å²) in [6.45, 7) is 8.92. The molecule has 54 heavy (non-hydrogen) atoms. The molecule has 0 spiro atoms. The highest BCUT2D eigenvalue weighted by molar-refractivity contribution is 5.52. The van der Waals surface area contributed by atoms with Gasteiger partial charge in [-0.05, 0) is 120 Å². The maximum absolute atomic E-state index is 6.48. The molecule has 7 aromatic carbocycles. The molecule has 7 rings (SSSR count). The van der Waals surface area contributed by atoms with E-state index in [0.717, 1.165) is 45.6 Å². The molecule has 0 amide bonds. The van der Waals surface area contributed by atoms with Crippen LogP contribution < -0.4 is 30.4 Å². The third-order valence-corrected chi connectivity index (χ3v) is 9.78. The molecule has 4 N–H and O–H groups in total. The second kappa shape index (κ2) is 15.1. The van der Waals surface area contributed by atoms with Crippen molar-refractivity contribution in [2.24, 2.45) is 0 Å². The summed E-state index contributed by atoms with van der Waals surface area (Å²) in [5.41, 5.74) is 16.8. The van der Waals surface area contributed by atoms with Crippen LogP contribution in [0.4, 0.5) is 11.4 Å². The van der Waals surface area contributed by atoms with E-state index in [1.807, 2.05) is 121 Å². The Labute approximate surface area is 317 Å². The lowest BCUT2D eigenvalue weighted by Crippen LogP contribution is -2.22. The highest BCUT2D eigenvalue weighted by atomic mass is 16.5. The van der Waals surface area contributed by atoms with Crippen LogP contribution in [0.2, 0.25) is 0 Å². The minimum atomic E-state index is -0.345. The van der Waals surface area contributed by atoms with Gasteiger partial charge in [0, 0.05) is 33.3 Å². The van der Waals surface area contributed by atoms with Crippen molar-refractivity contribution < 1.29 is 18.9 Å². The minimum Gasteiger partial charge on any atom is -0.457 e. The zero-order chi connectivity index (χ0) is 37.7. The van der Waals surface area contributed by atoms with Crippen molar-refractivity contribution in [3.63, 3.8) is 0 Å². The molecule has 0 heterocycles. The van der Waals surface area contributed by atoms with Crippen LogP contribution in [0.3, 0.4) is 0 Å². The summed E-state index contributed by atoms with van der Waals surface area (Å²) in [5, 5.41) is 0. The first-order chi connectivity index (χ1) is 26.0. The van der Waals surface area contributed by atoms with Crippen LogP contribution in [-0.2, 0) is 10.8 Å². The number of anilines is 2. The van der Waals surface area contributed by atoms with E-state index in [9.17, 15) is 0 Å². The van der Waals surface area contributed by atoms with Gasteiger partial charge in [-0.25, -0.2) is 0 Å². The van der Waals surface area contributed by atoms with Gasteiger partial charge in [0.25, 0.3) is 0 Å². The number of hydrogen-bond acceptors (Lipinski definition) is 6. The van der Waals surface area contributed by atoms with Gasteiger partial charge in [0.2, 0.25) is 0 Å². The van der Waals surface area contributed by atoms with Crippen molar-refractivity contribution in [3.05, 3.63) is 192 Å². The molecule has 7 aromatic rings. The summed E-state index contributed by atoms with van der Waals surface area (Å²) in [6, 6.07) is 55.3. The van der Waals surface area contributed by atoms with Crippen LogP contribution in [0.25, 0.3) is 0 Å².